The van der Waals surface area contributed by atoms with Gasteiger partial charge in [0.1, 0.15) is 42.9 Å². The summed E-state index contributed by atoms with van der Waals surface area (Å²) in [5, 5.41) is 39.9. The van der Waals surface area contributed by atoms with Crippen LogP contribution in [0.3, 0.4) is 0 Å². The second-order valence-electron chi connectivity index (χ2n) is 7.90. The molecule has 5 atom stereocenters. The number of aliphatic hydroxyl groups is 4. The lowest BCUT2D eigenvalue weighted by Gasteiger charge is -2.41. The lowest BCUT2D eigenvalue weighted by Crippen LogP contribution is -2.55. The van der Waals surface area contributed by atoms with Gasteiger partial charge < -0.3 is 34.8 Å². The smallest absolute Gasteiger partial charge is 0.416 e. The average Bonchev–Trinajstić information content (AvgIpc) is 2.77. The number of halogens is 3. The minimum Gasteiger partial charge on any atom is -0.490 e. The van der Waals surface area contributed by atoms with Crippen LogP contribution in [0, 0.1) is 0 Å². The Kier molecular flexibility index (Phi) is 6.33. The Labute approximate surface area is 182 Å². The van der Waals surface area contributed by atoms with E-state index in [0.717, 1.165) is 6.07 Å². The highest BCUT2D eigenvalue weighted by molar-refractivity contribution is 5.62. The fourth-order valence-corrected chi connectivity index (χ4v) is 4.15. The molecule has 0 amide bonds. The second-order valence-corrected chi connectivity index (χ2v) is 7.90. The van der Waals surface area contributed by atoms with E-state index < -0.39 is 48.9 Å². The third-order valence-electron chi connectivity index (χ3n) is 5.85. The lowest BCUT2D eigenvalue weighted by atomic mass is 9.91. The minimum absolute atomic E-state index is 0.00974. The number of benzene rings is 2. The Balaban J connectivity index is 1.65. The molecule has 2 aliphatic rings. The standard InChI is InChI=1S/C22H24F3NO6/c23-22(24,25)14-4-2-1-3-13(14)10-26-7-8-31-16-6-5-12(9-15(16)26)21-20(30)19(29)18(28)17(11-27)32-21/h1-6,9,17-21,27-30H,7-8,10-11H2/t17-,18-,19+,20-,21+/m1/s1. The summed E-state index contributed by atoms with van der Waals surface area (Å²) in [6.45, 7) is 0.0674. The van der Waals surface area contributed by atoms with Crippen LogP contribution >= 0.6 is 0 Å². The third kappa shape index (κ3) is 4.28. The number of aliphatic hydroxyl groups excluding tert-OH is 4. The van der Waals surface area contributed by atoms with Crippen molar-refractivity contribution >= 4 is 5.69 Å². The van der Waals surface area contributed by atoms with Crippen molar-refractivity contribution in [3.63, 3.8) is 0 Å². The molecule has 2 aliphatic heterocycles. The van der Waals surface area contributed by atoms with Crippen molar-refractivity contribution in [2.24, 2.45) is 0 Å². The van der Waals surface area contributed by atoms with E-state index in [0.29, 0.717) is 30.2 Å². The summed E-state index contributed by atoms with van der Waals surface area (Å²) in [5.74, 6) is 0.467. The maximum atomic E-state index is 13.4. The van der Waals surface area contributed by atoms with Crippen molar-refractivity contribution in [2.45, 2.75) is 43.2 Å². The molecule has 0 unspecified atom stereocenters. The molecule has 2 aromatic carbocycles. The van der Waals surface area contributed by atoms with Gasteiger partial charge in [-0.25, -0.2) is 0 Å². The maximum absolute atomic E-state index is 13.4. The van der Waals surface area contributed by atoms with Gasteiger partial charge in [0.2, 0.25) is 0 Å². The highest BCUT2D eigenvalue weighted by Crippen LogP contribution is 2.40. The van der Waals surface area contributed by atoms with E-state index in [2.05, 4.69) is 0 Å². The summed E-state index contributed by atoms with van der Waals surface area (Å²) in [6.07, 6.45) is -11.1. The first kappa shape index (κ1) is 22.8. The van der Waals surface area contributed by atoms with E-state index in [1.807, 2.05) is 0 Å². The van der Waals surface area contributed by atoms with E-state index in [9.17, 15) is 33.6 Å². The Hall–Kier alpha value is -2.37. The van der Waals surface area contributed by atoms with E-state index in [4.69, 9.17) is 9.47 Å². The molecule has 4 N–H and O–H groups in total. The van der Waals surface area contributed by atoms with Gasteiger partial charge in [-0.1, -0.05) is 24.3 Å². The van der Waals surface area contributed by atoms with Crippen molar-refractivity contribution in [3.8, 4) is 5.75 Å². The zero-order valence-corrected chi connectivity index (χ0v) is 16.9. The van der Waals surface area contributed by atoms with Crippen LogP contribution in [-0.4, -0.2) is 64.6 Å². The summed E-state index contributed by atoms with van der Waals surface area (Å²) in [4.78, 5) is 1.75. The van der Waals surface area contributed by atoms with Crippen LogP contribution in [0.1, 0.15) is 22.8 Å². The molecule has 0 saturated carbocycles. The summed E-state index contributed by atoms with van der Waals surface area (Å²) >= 11 is 0. The molecule has 32 heavy (non-hydrogen) atoms. The third-order valence-corrected chi connectivity index (χ3v) is 5.85. The van der Waals surface area contributed by atoms with E-state index >= 15 is 0 Å². The number of alkyl halides is 3. The Morgan fingerprint density at radius 3 is 2.47 bits per heavy atom. The number of hydrogen-bond acceptors (Lipinski definition) is 7. The first-order valence-electron chi connectivity index (χ1n) is 10.2. The van der Waals surface area contributed by atoms with Gasteiger partial charge in [0.05, 0.1) is 24.4 Å². The molecule has 0 aromatic heterocycles. The zero-order chi connectivity index (χ0) is 23.0. The van der Waals surface area contributed by atoms with Gasteiger partial charge in [0.15, 0.2) is 0 Å². The molecule has 10 heteroatoms. The Bertz CT molecular complexity index is 954. The van der Waals surface area contributed by atoms with Crippen molar-refractivity contribution in [3.05, 3.63) is 59.2 Å². The van der Waals surface area contributed by atoms with Crippen LogP contribution in [0.25, 0.3) is 0 Å². The Morgan fingerprint density at radius 2 is 1.75 bits per heavy atom. The van der Waals surface area contributed by atoms with Crippen molar-refractivity contribution < 1.29 is 43.1 Å². The van der Waals surface area contributed by atoms with Crippen LogP contribution in [0.2, 0.25) is 0 Å². The largest absolute Gasteiger partial charge is 0.490 e. The van der Waals surface area contributed by atoms with Crippen LogP contribution in [0.15, 0.2) is 42.5 Å². The molecule has 2 heterocycles. The first-order chi connectivity index (χ1) is 15.2. The SMILES string of the molecule is OC[C@H]1O[C@@H](c2ccc3c(c2)N(Cc2ccccc2C(F)(F)F)CCO3)[C@H](O)[C@@H](O)[C@@H]1O. The quantitative estimate of drug-likeness (QED) is 0.556. The van der Waals surface area contributed by atoms with Crippen LogP contribution in [-0.2, 0) is 17.5 Å². The number of anilines is 1. The summed E-state index contributed by atoms with van der Waals surface area (Å²) in [5.41, 5.74) is 0.354. The van der Waals surface area contributed by atoms with Gasteiger partial charge in [0, 0.05) is 6.54 Å². The van der Waals surface area contributed by atoms with Crippen LogP contribution < -0.4 is 9.64 Å². The Morgan fingerprint density at radius 1 is 1.00 bits per heavy atom. The van der Waals surface area contributed by atoms with Gasteiger partial charge in [-0.3, -0.25) is 0 Å². The van der Waals surface area contributed by atoms with Crippen molar-refractivity contribution in [2.75, 3.05) is 24.7 Å². The molecular formula is C22H24F3NO6. The number of nitrogens with zero attached hydrogens (tertiary/aromatic N) is 1. The second kappa shape index (κ2) is 8.87. The fourth-order valence-electron chi connectivity index (χ4n) is 4.15. The molecule has 2 aromatic rings. The number of ether oxygens (including phenoxy) is 2. The van der Waals surface area contributed by atoms with Gasteiger partial charge in [-0.2, -0.15) is 13.2 Å². The van der Waals surface area contributed by atoms with Gasteiger partial charge in [0.25, 0.3) is 0 Å². The first-order valence-corrected chi connectivity index (χ1v) is 10.2. The molecule has 1 saturated heterocycles. The zero-order valence-electron chi connectivity index (χ0n) is 16.9. The van der Waals surface area contributed by atoms with Gasteiger partial charge in [-0.15, -0.1) is 0 Å². The highest BCUT2D eigenvalue weighted by atomic mass is 19.4. The minimum atomic E-state index is -4.48. The van der Waals surface area contributed by atoms with Crippen LogP contribution in [0.5, 0.6) is 5.75 Å². The fraction of sp³-hybridized carbons (Fsp3) is 0.455. The maximum Gasteiger partial charge on any atom is 0.416 e. The molecule has 4 rings (SSSR count). The predicted octanol–water partition coefficient (Wildman–Crippen LogP) is 1.62. The van der Waals surface area contributed by atoms with E-state index in [-0.39, 0.29) is 12.1 Å². The van der Waals surface area contributed by atoms with Crippen LogP contribution in [0.4, 0.5) is 18.9 Å². The van der Waals surface area contributed by atoms with E-state index in [1.54, 1.807) is 29.2 Å². The van der Waals surface area contributed by atoms with Crippen molar-refractivity contribution in [1.29, 1.82) is 0 Å². The molecule has 174 valence electrons. The molecular weight excluding hydrogens is 431 g/mol. The summed E-state index contributed by atoms with van der Waals surface area (Å²) in [6, 6.07) is 10.2. The molecule has 0 radical (unpaired) electrons. The number of rotatable bonds is 4. The topological polar surface area (TPSA) is 103 Å². The van der Waals surface area contributed by atoms with E-state index in [1.165, 1.54) is 12.1 Å². The lowest BCUT2D eigenvalue weighted by molar-refractivity contribution is -0.231. The molecule has 7 nitrogen and oxygen atoms in total. The normalized spacial score (nSPS) is 28.2. The monoisotopic (exact) mass is 455 g/mol. The van der Waals surface area contributed by atoms with Crippen molar-refractivity contribution in [1.82, 2.24) is 0 Å². The predicted molar refractivity (Wildman–Crippen MR) is 107 cm³/mol. The highest BCUT2D eigenvalue weighted by Gasteiger charge is 2.44. The molecule has 0 spiro atoms. The van der Waals surface area contributed by atoms with Gasteiger partial charge >= 0.3 is 6.18 Å². The molecule has 0 aliphatic carbocycles. The summed E-state index contributed by atoms with van der Waals surface area (Å²) < 4.78 is 51.6. The van der Waals surface area contributed by atoms with Gasteiger partial charge in [-0.05, 0) is 29.3 Å². The number of hydrogen-bond donors (Lipinski definition) is 4. The summed E-state index contributed by atoms with van der Waals surface area (Å²) in [7, 11) is 0. The number of fused-ring (bicyclic) bond motifs is 1. The average molecular weight is 455 g/mol. The molecule has 0 bridgehead atoms. The molecule has 1 fully saturated rings.